The molecule has 0 aliphatic heterocycles. The van der Waals surface area contributed by atoms with Crippen molar-refractivity contribution in [1.82, 2.24) is 4.98 Å². The van der Waals surface area contributed by atoms with Gasteiger partial charge in [-0.3, -0.25) is 0 Å². The van der Waals surface area contributed by atoms with Crippen LogP contribution in [0.5, 0.6) is 0 Å². The number of aromatic nitrogens is 1. The highest BCUT2D eigenvalue weighted by molar-refractivity contribution is 7.11. The van der Waals surface area contributed by atoms with Gasteiger partial charge in [0.1, 0.15) is 10.6 Å². The summed E-state index contributed by atoms with van der Waals surface area (Å²) < 4.78 is 5.90. The second kappa shape index (κ2) is 5.68. The summed E-state index contributed by atoms with van der Waals surface area (Å²) >= 11 is 1.75. The highest BCUT2D eigenvalue weighted by Crippen LogP contribution is 2.44. The quantitative estimate of drug-likeness (QED) is 0.912. The Morgan fingerprint density at radius 2 is 2.33 bits per heavy atom. The fourth-order valence-electron chi connectivity index (χ4n) is 2.98. The first-order valence-corrected chi connectivity index (χ1v) is 7.71. The minimum absolute atomic E-state index is 0.153. The molecule has 2 N–H and O–H groups in total. The lowest BCUT2D eigenvalue weighted by molar-refractivity contribution is -0.0581. The predicted octanol–water partition coefficient (Wildman–Crippen LogP) is 3.22. The van der Waals surface area contributed by atoms with Crippen LogP contribution in [0.1, 0.15) is 55.1 Å². The first-order valence-electron chi connectivity index (χ1n) is 6.89. The van der Waals surface area contributed by atoms with Crippen molar-refractivity contribution in [2.45, 2.75) is 58.1 Å². The maximum Gasteiger partial charge on any atom is 0.125 e. The van der Waals surface area contributed by atoms with Gasteiger partial charge in [-0.05, 0) is 31.6 Å². The summed E-state index contributed by atoms with van der Waals surface area (Å²) in [4.78, 5) is 6.04. The van der Waals surface area contributed by atoms with Gasteiger partial charge < -0.3 is 10.5 Å². The Morgan fingerprint density at radius 1 is 1.56 bits per heavy atom. The molecule has 1 fully saturated rings. The van der Waals surface area contributed by atoms with E-state index >= 15 is 0 Å². The molecule has 2 unspecified atom stereocenters. The van der Waals surface area contributed by atoms with Gasteiger partial charge in [-0.25, -0.2) is 4.98 Å². The van der Waals surface area contributed by atoms with Crippen LogP contribution in [0.25, 0.3) is 0 Å². The second-order valence-corrected chi connectivity index (χ2v) is 6.43. The minimum Gasteiger partial charge on any atom is -0.371 e. The second-order valence-electron chi connectivity index (χ2n) is 5.35. The van der Waals surface area contributed by atoms with Gasteiger partial charge in [0.25, 0.3) is 0 Å². The van der Waals surface area contributed by atoms with Gasteiger partial charge in [0.2, 0.25) is 0 Å². The number of rotatable bonds is 4. The van der Waals surface area contributed by atoms with E-state index in [0.717, 1.165) is 30.0 Å². The summed E-state index contributed by atoms with van der Waals surface area (Å²) in [7, 11) is 1.83. The van der Waals surface area contributed by atoms with Crippen LogP contribution in [0.4, 0.5) is 0 Å². The van der Waals surface area contributed by atoms with Crippen molar-refractivity contribution < 1.29 is 4.74 Å². The van der Waals surface area contributed by atoms with Crippen LogP contribution in [-0.2, 0) is 23.3 Å². The predicted molar refractivity (Wildman–Crippen MR) is 75.7 cm³/mol. The van der Waals surface area contributed by atoms with Crippen LogP contribution in [0, 0.1) is 5.92 Å². The van der Waals surface area contributed by atoms with Gasteiger partial charge in [0, 0.05) is 18.5 Å². The van der Waals surface area contributed by atoms with Crippen LogP contribution < -0.4 is 5.73 Å². The molecule has 1 heterocycles. The van der Waals surface area contributed by atoms with Crippen molar-refractivity contribution in [3.05, 3.63) is 15.6 Å². The Morgan fingerprint density at radius 3 is 2.83 bits per heavy atom. The van der Waals surface area contributed by atoms with Crippen LogP contribution in [0.15, 0.2) is 0 Å². The first-order chi connectivity index (χ1) is 8.65. The largest absolute Gasteiger partial charge is 0.371 e. The normalized spacial score (nSPS) is 28.6. The topological polar surface area (TPSA) is 48.1 Å². The Kier molecular flexibility index (Phi) is 4.41. The summed E-state index contributed by atoms with van der Waals surface area (Å²) in [5.41, 5.74) is 6.82. The van der Waals surface area contributed by atoms with E-state index in [-0.39, 0.29) is 5.60 Å². The highest BCUT2D eigenvalue weighted by Gasteiger charge is 2.39. The molecule has 1 aliphatic carbocycles. The molecule has 2 rings (SSSR count). The fraction of sp³-hybridized carbons (Fsp3) is 0.786. The number of aryl methyl sites for hydroxylation is 1. The van der Waals surface area contributed by atoms with Crippen molar-refractivity contribution >= 4 is 11.3 Å². The van der Waals surface area contributed by atoms with Gasteiger partial charge in [0.05, 0.1) is 5.69 Å². The van der Waals surface area contributed by atoms with E-state index in [1.54, 1.807) is 11.3 Å². The molecule has 102 valence electrons. The molecule has 2 atom stereocenters. The molecular weight excluding hydrogens is 244 g/mol. The van der Waals surface area contributed by atoms with E-state index in [0.29, 0.717) is 12.5 Å². The Bertz CT molecular complexity index is 383. The number of ether oxygens (including phenoxy) is 1. The standard InChI is InChI=1S/C14H24N2OS/c1-4-11-12(9-15)18-13(16-11)14(17-3)7-5-6-10(2)8-14/h10H,4-9,15H2,1-3H3. The lowest BCUT2D eigenvalue weighted by atomic mass is 9.79. The van der Waals surface area contributed by atoms with E-state index in [1.807, 2.05) is 7.11 Å². The third-order valence-corrected chi connectivity index (χ3v) is 5.34. The molecule has 4 heteroatoms. The number of methoxy groups -OCH3 is 1. The Labute approximate surface area is 114 Å². The maximum absolute atomic E-state index is 5.90. The molecule has 0 saturated heterocycles. The number of nitrogens with two attached hydrogens (primary N) is 1. The molecule has 0 amide bonds. The van der Waals surface area contributed by atoms with Gasteiger partial charge in [-0.2, -0.15) is 0 Å². The van der Waals surface area contributed by atoms with Crippen molar-refractivity contribution in [2.75, 3.05) is 7.11 Å². The molecule has 18 heavy (non-hydrogen) atoms. The average molecular weight is 268 g/mol. The zero-order chi connectivity index (χ0) is 13.2. The van der Waals surface area contributed by atoms with Gasteiger partial charge in [-0.15, -0.1) is 11.3 Å². The van der Waals surface area contributed by atoms with E-state index in [1.165, 1.54) is 17.7 Å². The molecule has 0 bridgehead atoms. The Balaban J connectivity index is 2.34. The van der Waals surface area contributed by atoms with E-state index in [2.05, 4.69) is 13.8 Å². The van der Waals surface area contributed by atoms with Gasteiger partial charge in [0.15, 0.2) is 0 Å². The van der Waals surface area contributed by atoms with Crippen LogP contribution in [0.2, 0.25) is 0 Å². The zero-order valence-electron chi connectivity index (χ0n) is 11.7. The number of hydrogen-bond donors (Lipinski definition) is 1. The molecule has 3 nitrogen and oxygen atoms in total. The summed E-state index contributed by atoms with van der Waals surface area (Å²) in [5.74, 6) is 0.717. The molecule has 0 aromatic carbocycles. The third-order valence-electron chi connectivity index (χ3n) is 4.03. The molecule has 0 radical (unpaired) electrons. The number of hydrogen-bond acceptors (Lipinski definition) is 4. The van der Waals surface area contributed by atoms with Gasteiger partial charge in [-0.1, -0.05) is 20.3 Å². The first kappa shape index (κ1) is 14.0. The van der Waals surface area contributed by atoms with Crippen molar-refractivity contribution in [3.8, 4) is 0 Å². The summed E-state index contributed by atoms with van der Waals surface area (Å²) in [6.45, 7) is 5.04. The Hall–Kier alpha value is -0.450. The lowest BCUT2D eigenvalue weighted by Gasteiger charge is -2.37. The van der Waals surface area contributed by atoms with Crippen molar-refractivity contribution in [1.29, 1.82) is 0 Å². The summed E-state index contributed by atoms with van der Waals surface area (Å²) in [6, 6.07) is 0. The number of thiazole rings is 1. The minimum atomic E-state index is -0.153. The molecule has 0 spiro atoms. The molecule has 1 aliphatic rings. The SMILES string of the molecule is CCc1nc(C2(OC)CCCC(C)C2)sc1CN. The molecular formula is C14H24N2OS. The van der Waals surface area contributed by atoms with E-state index < -0.39 is 0 Å². The third kappa shape index (κ3) is 2.46. The van der Waals surface area contributed by atoms with E-state index in [9.17, 15) is 0 Å². The van der Waals surface area contributed by atoms with Crippen molar-refractivity contribution in [3.63, 3.8) is 0 Å². The average Bonchev–Trinajstić information content (AvgIpc) is 2.82. The van der Waals surface area contributed by atoms with Gasteiger partial charge >= 0.3 is 0 Å². The molecule has 1 saturated carbocycles. The van der Waals surface area contributed by atoms with Crippen LogP contribution in [0.3, 0.4) is 0 Å². The zero-order valence-corrected chi connectivity index (χ0v) is 12.5. The monoisotopic (exact) mass is 268 g/mol. The molecule has 1 aromatic rings. The summed E-state index contributed by atoms with van der Waals surface area (Å²) in [6.07, 6.45) is 5.67. The van der Waals surface area contributed by atoms with Crippen LogP contribution in [-0.4, -0.2) is 12.1 Å². The smallest absolute Gasteiger partial charge is 0.125 e. The van der Waals surface area contributed by atoms with E-state index in [4.69, 9.17) is 15.5 Å². The van der Waals surface area contributed by atoms with Crippen molar-refractivity contribution in [2.24, 2.45) is 11.7 Å². The fourth-order valence-corrected chi connectivity index (χ4v) is 4.22. The number of nitrogens with zero attached hydrogens (tertiary/aromatic N) is 1. The highest BCUT2D eigenvalue weighted by atomic mass is 32.1. The lowest BCUT2D eigenvalue weighted by Crippen LogP contribution is -2.34. The molecule has 1 aromatic heterocycles. The summed E-state index contributed by atoms with van der Waals surface area (Å²) in [5, 5.41) is 1.15. The van der Waals surface area contributed by atoms with Crippen LogP contribution >= 0.6 is 11.3 Å². The maximum atomic E-state index is 5.90.